The lowest BCUT2D eigenvalue weighted by Gasteiger charge is -2.16. The minimum absolute atomic E-state index is 0.0107. The van der Waals surface area contributed by atoms with Crippen molar-refractivity contribution in [1.82, 2.24) is 5.32 Å². The van der Waals surface area contributed by atoms with Crippen LogP contribution in [-0.4, -0.2) is 26.0 Å². The van der Waals surface area contributed by atoms with E-state index in [0.29, 0.717) is 9.87 Å². The number of nitrogens with zero attached hydrogens (tertiary/aromatic N) is 1. The van der Waals surface area contributed by atoms with Crippen LogP contribution in [0.3, 0.4) is 0 Å². The molecule has 9 heteroatoms. The number of nitrogens with one attached hydrogen (secondary N) is 1. The molecule has 0 unspecified atom stereocenters. The molecule has 1 saturated heterocycles. The Morgan fingerprint density at radius 1 is 1.23 bits per heavy atom. The van der Waals surface area contributed by atoms with Gasteiger partial charge in [-0.15, -0.1) is 0 Å². The summed E-state index contributed by atoms with van der Waals surface area (Å²) in [6, 6.07) is 9.95. The van der Waals surface area contributed by atoms with Crippen LogP contribution in [0.1, 0.15) is 22.3 Å². The molecule has 2 amide bonds. The molecular formula is C17H14ClFN2O4S. The Balaban J connectivity index is 1.78. The van der Waals surface area contributed by atoms with Crippen LogP contribution < -0.4 is 9.62 Å². The standard InChI is InChI=1S/C17H14ClFN2O4S/c18-14-9-12(21-16(22)7-8-26(21,24)25)5-6-13(14)17(23)20-10-11-3-1-2-4-15(11)19/h1-6,9H,7-8,10H2,(H,20,23). The minimum Gasteiger partial charge on any atom is -0.348 e. The SMILES string of the molecule is O=C(NCc1ccccc1F)c1ccc(N2C(=O)CCS2(=O)=O)cc1Cl. The summed E-state index contributed by atoms with van der Waals surface area (Å²) in [6.07, 6.45) is -0.0924. The Labute approximate surface area is 154 Å². The van der Waals surface area contributed by atoms with Crippen LogP contribution in [0.25, 0.3) is 0 Å². The van der Waals surface area contributed by atoms with E-state index in [1.807, 2.05) is 0 Å². The third-order valence-electron chi connectivity index (χ3n) is 3.91. The van der Waals surface area contributed by atoms with E-state index in [1.165, 1.54) is 24.3 Å². The molecule has 2 aromatic carbocycles. The van der Waals surface area contributed by atoms with Gasteiger partial charge in [0.1, 0.15) is 5.82 Å². The maximum Gasteiger partial charge on any atom is 0.253 e. The van der Waals surface area contributed by atoms with Crippen molar-refractivity contribution >= 4 is 39.1 Å². The van der Waals surface area contributed by atoms with E-state index in [1.54, 1.807) is 18.2 Å². The summed E-state index contributed by atoms with van der Waals surface area (Å²) < 4.78 is 38.2. The van der Waals surface area contributed by atoms with E-state index in [-0.39, 0.29) is 35.0 Å². The van der Waals surface area contributed by atoms with Crippen molar-refractivity contribution in [2.45, 2.75) is 13.0 Å². The highest BCUT2D eigenvalue weighted by Crippen LogP contribution is 2.29. The Kier molecular flexibility index (Phi) is 4.97. The first-order valence-electron chi connectivity index (χ1n) is 7.66. The molecule has 26 heavy (non-hydrogen) atoms. The smallest absolute Gasteiger partial charge is 0.253 e. The van der Waals surface area contributed by atoms with E-state index >= 15 is 0 Å². The van der Waals surface area contributed by atoms with E-state index in [0.717, 1.165) is 0 Å². The number of anilines is 1. The highest BCUT2D eigenvalue weighted by molar-refractivity contribution is 7.94. The van der Waals surface area contributed by atoms with Gasteiger partial charge in [0, 0.05) is 18.5 Å². The maximum absolute atomic E-state index is 13.6. The molecule has 1 aliphatic rings. The van der Waals surface area contributed by atoms with Gasteiger partial charge in [-0.1, -0.05) is 29.8 Å². The van der Waals surface area contributed by atoms with Crippen LogP contribution in [0.2, 0.25) is 5.02 Å². The quantitative estimate of drug-likeness (QED) is 0.860. The zero-order chi connectivity index (χ0) is 18.9. The number of amides is 2. The van der Waals surface area contributed by atoms with Gasteiger partial charge in [-0.05, 0) is 24.3 Å². The topological polar surface area (TPSA) is 83.6 Å². The van der Waals surface area contributed by atoms with Crippen LogP contribution in [0.5, 0.6) is 0 Å². The van der Waals surface area contributed by atoms with Gasteiger partial charge in [-0.2, -0.15) is 0 Å². The Hall–Kier alpha value is -2.45. The molecule has 1 aliphatic heterocycles. The monoisotopic (exact) mass is 396 g/mol. The normalized spacial score (nSPS) is 15.9. The number of hydrogen-bond acceptors (Lipinski definition) is 4. The summed E-state index contributed by atoms with van der Waals surface area (Å²) in [5.74, 6) is -1.78. The third kappa shape index (κ3) is 3.56. The molecule has 0 radical (unpaired) electrons. The van der Waals surface area contributed by atoms with Crippen LogP contribution >= 0.6 is 11.6 Å². The molecule has 2 aromatic rings. The lowest BCUT2D eigenvalue weighted by atomic mass is 10.1. The fraction of sp³-hybridized carbons (Fsp3) is 0.176. The zero-order valence-electron chi connectivity index (χ0n) is 13.4. The van der Waals surface area contributed by atoms with E-state index in [2.05, 4.69) is 5.32 Å². The number of carbonyl (C=O) groups is 2. The van der Waals surface area contributed by atoms with Gasteiger partial charge in [0.05, 0.1) is 22.0 Å². The summed E-state index contributed by atoms with van der Waals surface area (Å²) in [6.45, 7) is -0.0252. The Bertz CT molecular complexity index is 994. The number of carbonyl (C=O) groups excluding carboxylic acids is 2. The zero-order valence-corrected chi connectivity index (χ0v) is 15.0. The van der Waals surface area contributed by atoms with Crippen molar-refractivity contribution < 1.29 is 22.4 Å². The lowest BCUT2D eigenvalue weighted by molar-refractivity contribution is -0.116. The van der Waals surface area contributed by atoms with Crippen LogP contribution in [-0.2, 0) is 21.4 Å². The second-order valence-electron chi connectivity index (χ2n) is 5.66. The first kappa shape index (κ1) is 18.3. The van der Waals surface area contributed by atoms with Gasteiger partial charge in [0.2, 0.25) is 15.9 Å². The van der Waals surface area contributed by atoms with Gasteiger partial charge < -0.3 is 5.32 Å². The summed E-state index contributed by atoms with van der Waals surface area (Å²) in [4.78, 5) is 24.1. The van der Waals surface area contributed by atoms with Crippen LogP contribution in [0, 0.1) is 5.82 Å². The number of sulfonamides is 1. The molecule has 0 saturated carbocycles. The Morgan fingerprint density at radius 2 is 1.96 bits per heavy atom. The molecule has 3 rings (SSSR count). The second kappa shape index (κ2) is 7.05. The average Bonchev–Trinajstić information content (AvgIpc) is 2.86. The average molecular weight is 397 g/mol. The molecule has 1 N–H and O–H groups in total. The predicted molar refractivity (Wildman–Crippen MR) is 94.9 cm³/mol. The van der Waals surface area contributed by atoms with E-state index < -0.39 is 27.7 Å². The van der Waals surface area contributed by atoms with Gasteiger partial charge in [-0.3, -0.25) is 9.59 Å². The summed E-state index contributed by atoms with van der Waals surface area (Å²) in [5, 5.41) is 2.54. The summed E-state index contributed by atoms with van der Waals surface area (Å²) in [7, 11) is -3.71. The predicted octanol–water partition coefficient (Wildman–Crippen LogP) is 2.48. The van der Waals surface area contributed by atoms with E-state index in [4.69, 9.17) is 11.6 Å². The molecule has 0 spiro atoms. The van der Waals surface area contributed by atoms with Crippen molar-refractivity contribution in [3.63, 3.8) is 0 Å². The van der Waals surface area contributed by atoms with Crippen molar-refractivity contribution in [2.24, 2.45) is 0 Å². The number of halogens is 2. The van der Waals surface area contributed by atoms with E-state index in [9.17, 15) is 22.4 Å². The Morgan fingerprint density at radius 3 is 2.58 bits per heavy atom. The molecule has 1 fully saturated rings. The third-order valence-corrected chi connectivity index (χ3v) is 5.91. The lowest BCUT2D eigenvalue weighted by Crippen LogP contribution is -2.29. The van der Waals surface area contributed by atoms with Crippen LogP contribution in [0.4, 0.5) is 10.1 Å². The molecule has 0 atom stereocenters. The molecule has 0 aliphatic carbocycles. The summed E-state index contributed by atoms with van der Waals surface area (Å²) >= 11 is 6.09. The van der Waals surface area contributed by atoms with Crippen molar-refractivity contribution in [1.29, 1.82) is 0 Å². The summed E-state index contributed by atoms with van der Waals surface area (Å²) in [5.41, 5.74) is 0.501. The fourth-order valence-electron chi connectivity index (χ4n) is 2.60. The molecule has 1 heterocycles. The molecule has 0 aromatic heterocycles. The number of benzene rings is 2. The van der Waals surface area contributed by atoms with Crippen LogP contribution in [0.15, 0.2) is 42.5 Å². The molecule has 136 valence electrons. The van der Waals surface area contributed by atoms with Gasteiger partial charge in [-0.25, -0.2) is 17.1 Å². The fourth-order valence-corrected chi connectivity index (χ4v) is 4.31. The minimum atomic E-state index is -3.71. The van der Waals surface area contributed by atoms with Crippen molar-refractivity contribution in [3.8, 4) is 0 Å². The first-order valence-corrected chi connectivity index (χ1v) is 9.65. The highest BCUT2D eigenvalue weighted by atomic mass is 35.5. The van der Waals surface area contributed by atoms with Crippen molar-refractivity contribution in [2.75, 3.05) is 10.1 Å². The molecular weight excluding hydrogens is 383 g/mol. The second-order valence-corrected chi connectivity index (χ2v) is 8.01. The van der Waals surface area contributed by atoms with Gasteiger partial charge in [0.25, 0.3) is 5.91 Å². The largest absolute Gasteiger partial charge is 0.348 e. The highest BCUT2D eigenvalue weighted by Gasteiger charge is 2.36. The first-order chi connectivity index (χ1) is 12.3. The molecule has 6 nitrogen and oxygen atoms in total. The maximum atomic E-state index is 13.6. The number of hydrogen-bond donors (Lipinski definition) is 1. The van der Waals surface area contributed by atoms with Crippen molar-refractivity contribution in [3.05, 3.63) is 64.4 Å². The molecule has 0 bridgehead atoms. The van der Waals surface area contributed by atoms with Gasteiger partial charge >= 0.3 is 0 Å². The number of rotatable bonds is 4. The van der Waals surface area contributed by atoms with Gasteiger partial charge in [0.15, 0.2) is 0 Å².